The van der Waals surface area contributed by atoms with Gasteiger partial charge in [0.1, 0.15) is 0 Å². The van der Waals surface area contributed by atoms with Gasteiger partial charge in [-0.15, -0.1) is 0 Å². The lowest BCUT2D eigenvalue weighted by molar-refractivity contribution is 0.0744. The topological polar surface area (TPSA) is 79.2 Å². The third kappa shape index (κ3) is 5.66. The van der Waals surface area contributed by atoms with Gasteiger partial charge in [0, 0.05) is 48.3 Å². The highest BCUT2D eigenvalue weighted by Crippen LogP contribution is 2.30. The molecule has 0 bridgehead atoms. The summed E-state index contributed by atoms with van der Waals surface area (Å²) in [7, 11) is 5.92. The zero-order valence-electron chi connectivity index (χ0n) is 23.2. The number of fused-ring (bicyclic) bond motifs is 1. The van der Waals surface area contributed by atoms with E-state index in [1.54, 1.807) is 17.0 Å². The first kappa shape index (κ1) is 27.5. The number of benzene rings is 1. The van der Waals surface area contributed by atoms with Crippen molar-refractivity contribution in [3.8, 4) is 11.4 Å². The first-order chi connectivity index (χ1) is 18.1. The molecule has 200 valence electrons. The zero-order chi connectivity index (χ0) is 27.6. The van der Waals surface area contributed by atoms with Crippen LogP contribution in [-0.4, -0.2) is 69.7 Å². The molecule has 1 amide bonds. The van der Waals surface area contributed by atoms with Gasteiger partial charge in [0.05, 0.1) is 46.1 Å². The largest absolute Gasteiger partial charge is 0.382 e. The van der Waals surface area contributed by atoms with Crippen molar-refractivity contribution in [3.63, 3.8) is 0 Å². The second-order valence-corrected chi connectivity index (χ2v) is 10.3. The molecule has 1 N–H and O–H groups in total. The van der Waals surface area contributed by atoms with Gasteiger partial charge in [-0.1, -0.05) is 11.6 Å². The lowest BCUT2D eigenvalue weighted by atomic mass is 10.0. The summed E-state index contributed by atoms with van der Waals surface area (Å²) in [5.41, 5.74) is 6.52. The Bertz CT molecular complexity index is 1460. The van der Waals surface area contributed by atoms with E-state index >= 15 is 0 Å². The molecule has 38 heavy (non-hydrogen) atoms. The van der Waals surface area contributed by atoms with Gasteiger partial charge in [-0.3, -0.25) is 9.48 Å². The Morgan fingerprint density at radius 1 is 1.08 bits per heavy atom. The summed E-state index contributed by atoms with van der Waals surface area (Å²) in [6.07, 6.45) is 1.85. The molecule has 3 aromatic heterocycles. The van der Waals surface area contributed by atoms with Gasteiger partial charge >= 0.3 is 0 Å². The van der Waals surface area contributed by atoms with Crippen molar-refractivity contribution in [2.24, 2.45) is 0 Å². The van der Waals surface area contributed by atoms with Crippen molar-refractivity contribution in [1.82, 2.24) is 29.5 Å². The first-order valence-electron chi connectivity index (χ1n) is 12.9. The Morgan fingerprint density at radius 2 is 1.84 bits per heavy atom. The Kier molecular flexibility index (Phi) is 8.33. The van der Waals surface area contributed by atoms with E-state index in [2.05, 4.69) is 22.2 Å². The summed E-state index contributed by atoms with van der Waals surface area (Å²) in [5.74, 6) is -0.115. The lowest BCUT2D eigenvalue weighted by Crippen LogP contribution is -2.30. The minimum atomic E-state index is -0.165. The highest BCUT2D eigenvalue weighted by molar-refractivity contribution is 6.31. The van der Waals surface area contributed by atoms with Crippen molar-refractivity contribution < 1.29 is 4.79 Å². The number of pyridine rings is 2. The number of halogens is 1. The van der Waals surface area contributed by atoms with Gasteiger partial charge < -0.3 is 15.1 Å². The first-order valence-corrected chi connectivity index (χ1v) is 13.2. The average Bonchev–Trinajstić information content (AvgIpc) is 3.27. The third-order valence-electron chi connectivity index (χ3n) is 7.02. The van der Waals surface area contributed by atoms with Crippen LogP contribution in [0.5, 0.6) is 0 Å². The van der Waals surface area contributed by atoms with Gasteiger partial charge in [0.15, 0.2) is 0 Å². The number of likely N-dealkylation sites (N-methyl/N-ethyl adjacent to an activating group) is 1. The van der Waals surface area contributed by atoms with Crippen LogP contribution in [0.4, 0.5) is 5.69 Å². The maximum atomic E-state index is 13.9. The Hall–Kier alpha value is -3.49. The second kappa shape index (κ2) is 11.5. The summed E-state index contributed by atoms with van der Waals surface area (Å²) in [6, 6.07) is 11.1. The van der Waals surface area contributed by atoms with E-state index in [0.29, 0.717) is 32.9 Å². The third-order valence-corrected chi connectivity index (χ3v) is 7.25. The molecular weight excluding hydrogens is 498 g/mol. The van der Waals surface area contributed by atoms with E-state index in [0.717, 1.165) is 42.3 Å². The molecule has 3 heterocycles. The SMILES string of the molecule is CCn1ncc([C@@H](C)N(C)C(=O)c2cc(-c3ccc(NCCN(C)C)c(C)n3)nc3ccc(Cl)cc23)c1C. The number of rotatable bonds is 9. The molecule has 0 aliphatic rings. The van der Waals surface area contributed by atoms with Crippen LogP contribution in [0.2, 0.25) is 5.02 Å². The number of aryl methyl sites for hydroxylation is 2. The number of carbonyl (C=O) groups is 1. The van der Waals surface area contributed by atoms with E-state index in [9.17, 15) is 4.79 Å². The van der Waals surface area contributed by atoms with E-state index in [1.165, 1.54) is 0 Å². The van der Waals surface area contributed by atoms with Gasteiger partial charge in [-0.05, 0) is 78.2 Å². The number of carbonyl (C=O) groups excluding carboxylic acids is 1. The molecule has 4 rings (SSSR count). The molecule has 0 radical (unpaired) electrons. The minimum Gasteiger partial charge on any atom is -0.382 e. The van der Waals surface area contributed by atoms with E-state index in [4.69, 9.17) is 21.6 Å². The molecular formula is C29H36ClN7O. The van der Waals surface area contributed by atoms with Gasteiger partial charge in [0.25, 0.3) is 5.91 Å². The fraction of sp³-hybridized carbons (Fsp3) is 0.379. The molecule has 8 nitrogen and oxygen atoms in total. The zero-order valence-corrected chi connectivity index (χ0v) is 24.0. The fourth-order valence-corrected chi connectivity index (χ4v) is 4.75. The standard InChI is InChI=1S/C29H36ClN7O/c1-8-37-20(4)24(17-32-37)19(3)36(7)29(38)23-16-28(34-26-10-9-21(30)15-22(23)26)27-12-11-25(18(2)33-27)31-13-14-35(5)6/h9-12,15-17,19,31H,8,13-14H2,1-7H3/t19-/m1/s1. The number of hydrogen-bond acceptors (Lipinski definition) is 6. The molecule has 0 aliphatic carbocycles. The van der Waals surface area contributed by atoms with Crippen LogP contribution >= 0.6 is 11.6 Å². The van der Waals surface area contributed by atoms with Crippen LogP contribution in [-0.2, 0) is 6.54 Å². The number of anilines is 1. The van der Waals surface area contributed by atoms with E-state index < -0.39 is 0 Å². The molecule has 0 unspecified atom stereocenters. The van der Waals surface area contributed by atoms with Crippen LogP contribution in [0, 0.1) is 13.8 Å². The summed E-state index contributed by atoms with van der Waals surface area (Å²) < 4.78 is 1.94. The summed E-state index contributed by atoms with van der Waals surface area (Å²) in [4.78, 5) is 27.5. The van der Waals surface area contributed by atoms with Crippen LogP contribution in [0.25, 0.3) is 22.3 Å². The quantitative estimate of drug-likeness (QED) is 0.302. The maximum Gasteiger partial charge on any atom is 0.254 e. The summed E-state index contributed by atoms with van der Waals surface area (Å²) in [5, 5.41) is 9.17. The number of aromatic nitrogens is 4. The molecule has 1 aromatic carbocycles. The number of amides is 1. The smallest absolute Gasteiger partial charge is 0.254 e. The molecule has 9 heteroatoms. The number of nitrogens with one attached hydrogen (secondary N) is 1. The summed E-state index contributed by atoms with van der Waals surface area (Å²) in [6.45, 7) is 10.6. The van der Waals surface area contributed by atoms with Crippen LogP contribution in [0.3, 0.4) is 0 Å². The monoisotopic (exact) mass is 533 g/mol. The van der Waals surface area contributed by atoms with E-state index in [-0.39, 0.29) is 11.9 Å². The maximum absolute atomic E-state index is 13.9. The minimum absolute atomic E-state index is 0.115. The van der Waals surface area contributed by atoms with Crippen molar-refractivity contribution in [2.75, 3.05) is 39.5 Å². The van der Waals surface area contributed by atoms with Crippen molar-refractivity contribution in [1.29, 1.82) is 0 Å². The van der Waals surface area contributed by atoms with Crippen molar-refractivity contribution in [2.45, 2.75) is 40.3 Å². The molecule has 0 saturated heterocycles. The van der Waals surface area contributed by atoms with Crippen LogP contribution in [0.1, 0.15) is 47.2 Å². The van der Waals surface area contributed by atoms with Crippen LogP contribution in [0.15, 0.2) is 42.6 Å². The van der Waals surface area contributed by atoms with Gasteiger partial charge in [0.2, 0.25) is 0 Å². The molecule has 0 spiro atoms. The predicted octanol–water partition coefficient (Wildman–Crippen LogP) is 5.59. The predicted molar refractivity (Wildman–Crippen MR) is 155 cm³/mol. The van der Waals surface area contributed by atoms with Crippen LogP contribution < -0.4 is 5.32 Å². The highest BCUT2D eigenvalue weighted by Gasteiger charge is 2.25. The molecule has 0 aliphatic heterocycles. The van der Waals surface area contributed by atoms with Gasteiger partial charge in [-0.25, -0.2) is 9.97 Å². The van der Waals surface area contributed by atoms with Gasteiger partial charge in [-0.2, -0.15) is 5.10 Å². The summed E-state index contributed by atoms with van der Waals surface area (Å²) >= 11 is 6.34. The van der Waals surface area contributed by atoms with Crippen molar-refractivity contribution >= 4 is 34.1 Å². The fourth-order valence-electron chi connectivity index (χ4n) is 4.58. The number of hydrogen-bond donors (Lipinski definition) is 1. The lowest BCUT2D eigenvalue weighted by Gasteiger charge is -2.26. The Morgan fingerprint density at radius 3 is 2.50 bits per heavy atom. The molecule has 1 atom stereocenters. The second-order valence-electron chi connectivity index (χ2n) is 9.87. The normalized spacial score (nSPS) is 12.2. The Balaban J connectivity index is 1.72. The molecule has 4 aromatic rings. The molecule has 0 fully saturated rings. The van der Waals surface area contributed by atoms with E-state index in [1.807, 2.05) is 77.1 Å². The molecule has 0 saturated carbocycles. The highest BCUT2D eigenvalue weighted by atomic mass is 35.5. The average molecular weight is 534 g/mol. The Labute approximate surface area is 229 Å². The number of nitrogens with zero attached hydrogens (tertiary/aromatic N) is 6. The van der Waals surface area contributed by atoms with Crippen molar-refractivity contribution in [3.05, 3.63) is 70.1 Å².